The smallest absolute Gasteiger partial charge is 0.317 e. The molecule has 1 aliphatic heterocycles. The van der Waals surface area contributed by atoms with Gasteiger partial charge in [-0.05, 0) is 37.0 Å². The van der Waals surface area contributed by atoms with Gasteiger partial charge in [0.2, 0.25) is 5.91 Å². The number of aromatic nitrogens is 1. The normalized spacial score (nSPS) is 17.0. The minimum absolute atomic E-state index is 0.0781. The number of hydrogen-bond acceptors (Lipinski definition) is 6. The zero-order chi connectivity index (χ0) is 27.5. The third-order valence-corrected chi connectivity index (χ3v) is 7.51. The Balaban J connectivity index is 1.22. The first-order valence-electron chi connectivity index (χ1n) is 12.8. The molecule has 0 radical (unpaired) electrons. The standard InChI is InChI=1S/C28H30N6O4S/c1-33(2)28(38)31-23(18-6-4-3-5-7-18)26(37)34-15-14-22(34)25(36)32-27-30-21(16-39-27)17-8-10-19(11-9-17)24(35)29-20-12-13-20/h3-11,16,20,22-23H,12-15H2,1-2H3,(H,29,35)(H,31,38)(H,30,32,36). The molecule has 2 unspecified atom stereocenters. The summed E-state index contributed by atoms with van der Waals surface area (Å²) in [6, 6.07) is 14.5. The fourth-order valence-electron chi connectivity index (χ4n) is 4.22. The van der Waals surface area contributed by atoms with Crippen molar-refractivity contribution in [3.8, 4) is 11.3 Å². The molecule has 3 aromatic rings. The maximum Gasteiger partial charge on any atom is 0.317 e. The van der Waals surface area contributed by atoms with E-state index in [4.69, 9.17) is 0 Å². The molecule has 2 aromatic carbocycles. The van der Waals surface area contributed by atoms with Crippen molar-refractivity contribution in [3.05, 3.63) is 71.1 Å². The van der Waals surface area contributed by atoms with E-state index in [0.29, 0.717) is 41.0 Å². The van der Waals surface area contributed by atoms with Crippen molar-refractivity contribution in [1.29, 1.82) is 0 Å². The van der Waals surface area contributed by atoms with Crippen LogP contribution in [0.4, 0.5) is 9.93 Å². The van der Waals surface area contributed by atoms with Crippen molar-refractivity contribution >= 4 is 40.2 Å². The lowest BCUT2D eigenvalue weighted by atomic mass is 9.98. The molecule has 10 nitrogen and oxygen atoms in total. The molecule has 2 fully saturated rings. The largest absolute Gasteiger partial charge is 0.349 e. The van der Waals surface area contributed by atoms with Gasteiger partial charge in [0.15, 0.2) is 5.13 Å². The molecule has 0 spiro atoms. The quantitative estimate of drug-likeness (QED) is 0.400. The topological polar surface area (TPSA) is 124 Å². The number of carbonyl (C=O) groups excluding carboxylic acids is 4. The summed E-state index contributed by atoms with van der Waals surface area (Å²) in [4.78, 5) is 58.5. The van der Waals surface area contributed by atoms with Crippen LogP contribution in [0.15, 0.2) is 60.0 Å². The van der Waals surface area contributed by atoms with Gasteiger partial charge in [-0.2, -0.15) is 0 Å². The van der Waals surface area contributed by atoms with E-state index in [0.717, 1.165) is 18.4 Å². The maximum atomic E-state index is 13.4. The Labute approximate surface area is 230 Å². The maximum absolute atomic E-state index is 13.4. The van der Waals surface area contributed by atoms with Crippen molar-refractivity contribution in [2.45, 2.75) is 37.4 Å². The minimum atomic E-state index is -0.905. The monoisotopic (exact) mass is 546 g/mol. The first-order valence-corrected chi connectivity index (χ1v) is 13.7. The zero-order valence-corrected chi connectivity index (χ0v) is 22.5. The van der Waals surface area contributed by atoms with E-state index in [1.807, 2.05) is 23.6 Å². The van der Waals surface area contributed by atoms with Crippen LogP contribution in [0.3, 0.4) is 0 Å². The van der Waals surface area contributed by atoms with Gasteiger partial charge < -0.3 is 25.8 Å². The van der Waals surface area contributed by atoms with Gasteiger partial charge in [0.25, 0.3) is 11.8 Å². The number of hydrogen-bond donors (Lipinski definition) is 3. The molecule has 2 heterocycles. The average molecular weight is 547 g/mol. The number of urea groups is 1. The Bertz CT molecular complexity index is 1370. The molecule has 2 atom stereocenters. The number of benzene rings is 2. The highest BCUT2D eigenvalue weighted by Gasteiger charge is 2.41. The van der Waals surface area contributed by atoms with Crippen LogP contribution in [-0.2, 0) is 9.59 Å². The first-order chi connectivity index (χ1) is 18.8. The molecular weight excluding hydrogens is 516 g/mol. The van der Waals surface area contributed by atoms with Crippen molar-refractivity contribution in [2.24, 2.45) is 0 Å². The second-order valence-electron chi connectivity index (χ2n) is 9.88. The highest BCUT2D eigenvalue weighted by atomic mass is 32.1. The number of nitrogens with one attached hydrogen (secondary N) is 3. The highest BCUT2D eigenvalue weighted by molar-refractivity contribution is 7.14. The molecule has 1 aliphatic carbocycles. The van der Waals surface area contributed by atoms with Crippen LogP contribution in [0.25, 0.3) is 11.3 Å². The van der Waals surface area contributed by atoms with E-state index in [1.54, 1.807) is 50.5 Å². The van der Waals surface area contributed by atoms with Crippen molar-refractivity contribution in [1.82, 2.24) is 25.4 Å². The Hall–Kier alpha value is -4.25. The first kappa shape index (κ1) is 26.4. The third kappa shape index (κ3) is 6.09. The summed E-state index contributed by atoms with van der Waals surface area (Å²) >= 11 is 1.29. The molecule has 202 valence electrons. The Kier molecular flexibility index (Phi) is 7.60. The SMILES string of the molecule is CN(C)C(=O)NC(C(=O)N1CCC1C(=O)Nc1nc(-c2ccc(C(=O)NC3CC3)cc2)cs1)c1ccccc1. The second kappa shape index (κ2) is 11.2. The summed E-state index contributed by atoms with van der Waals surface area (Å²) in [7, 11) is 3.20. The second-order valence-corrected chi connectivity index (χ2v) is 10.7. The number of anilines is 1. The number of carbonyl (C=O) groups is 4. The van der Waals surface area contributed by atoms with Gasteiger partial charge in [0.1, 0.15) is 12.1 Å². The van der Waals surface area contributed by atoms with Crippen molar-refractivity contribution in [2.75, 3.05) is 26.0 Å². The molecule has 1 aromatic heterocycles. The fourth-order valence-corrected chi connectivity index (χ4v) is 4.94. The molecule has 39 heavy (non-hydrogen) atoms. The number of nitrogens with zero attached hydrogens (tertiary/aromatic N) is 3. The number of rotatable bonds is 8. The molecule has 1 saturated carbocycles. The average Bonchev–Trinajstić information content (AvgIpc) is 3.61. The summed E-state index contributed by atoms with van der Waals surface area (Å²) < 4.78 is 0. The van der Waals surface area contributed by atoms with Crippen LogP contribution in [0, 0.1) is 0 Å². The number of likely N-dealkylation sites (tertiary alicyclic amines) is 1. The van der Waals surface area contributed by atoms with Gasteiger partial charge in [-0.25, -0.2) is 9.78 Å². The molecular formula is C28H30N6O4S. The Morgan fingerprint density at radius 1 is 1.00 bits per heavy atom. The van der Waals surface area contributed by atoms with Crippen LogP contribution >= 0.6 is 11.3 Å². The van der Waals surface area contributed by atoms with Crippen LogP contribution < -0.4 is 16.0 Å². The van der Waals surface area contributed by atoms with E-state index in [1.165, 1.54) is 21.1 Å². The summed E-state index contributed by atoms with van der Waals surface area (Å²) in [6.45, 7) is 0.419. The minimum Gasteiger partial charge on any atom is -0.349 e. The van der Waals surface area contributed by atoms with Crippen LogP contribution in [0.1, 0.15) is 41.2 Å². The van der Waals surface area contributed by atoms with E-state index in [2.05, 4.69) is 20.9 Å². The molecule has 0 bridgehead atoms. The summed E-state index contributed by atoms with van der Waals surface area (Å²) in [5.41, 5.74) is 2.75. The van der Waals surface area contributed by atoms with E-state index < -0.39 is 18.1 Å². The van der Waals surface area contributed by atoms with E-state index in [9.17, 15) is 19.2 Å². The molecule has 1 saturated heterocycles. The predicted molar refractivity (Wildman–Crippen MR) is 148 cm³/mol. The van der Waals surface area contributed by atoms with Crippen molar-refractivity contribution < 1.29 is 19.2 Å². The number of thiazole rings is 1. The lowest BCUT2D eigenvalue weighted by Gasteiger charge is -2.41. The van der Waals surface area contributed by atoms with E-state index >= 15 is 0 Å². The summed E-state index contributed by atoms with van der Waals surface area (Å²) in [5.74, 6) is -0.743. The molecule has 5 amide bonds. The highest BCUT2D eigenvalue weighted by Crippen LogP contribution is 2.29. The zero-order valence-electron chi connectivity index (χ0n) is 21.7. The van der Waals surface area contributed by atoms with Gasteiger partial charge in [-0.1, -0.05) is 42.5 Å². The molecule has 2 aliphatic rings. The third-order valence-electron chi connectivity index (χ3n) is 6.75. The van der Waals surface area contributed by atoms with E-state index in [-0.39, 0.29) is 17.7 Å². The van der Waals surface area contributed by atoms with Crippen LogP contribution in [0.2, 0.25) is 0 Å². The van der Waals surface area contributed by atoms with Gasteiger partial charge in [0, 0.05) is 43.2 Å². The summed E-state index contributed by atoms with van der Waals surface area (Å²) in [5, 5.41) is 10.8. The molecule has 5 rings (SSSR count). The Morgan fingerprint density at radius 2 is 1.72 bits per heavy atom. The number of amides is 5. The van der Waals surface area contributed by atoms with Gasteiger partial charge >= 0.3 is 6.03 Å². The van der Waals surface area contributed by atoms with Crippen molar-refractivity contribution in [3.63, 3.8) is 0 Å². The lowest BCUT2D eigenvalue weighted by molar-refractivity contribution is -0.147. The van der Waals surface area contributed by atoms with Gasteiger partial charge in [0.05, 0.1) is 5.69 Å². The van der Waals surface area contributed by atoms with Crippen LogP contribution in [0.5, 0.6) is 0 Å². The molecule has 3 N–H and O–H groups in total. The predicted octanol–water partition coefficient (Wildman–Crippen LogP) is 3.25. The lowest BCUT2D eigenvalue weighted by Crippen LogP contribution is -2.59. The summed E-state index contributed by atoms with van der Waals surface area (Å²) in [6.07, 6.45) is 2.58. The van der Waals surface area contributed by atoms with Gasteiger partial charge in [-0.3, -0.25) is 14.4 Å². The van der Waals surface area contributed by atoms with Crippen LogP contribution in [-0.4, -0.2) is 71.3 Å². The van der Waals surface area contributed by atoms with Gasteiger partial charge in [-0.15, -0.1) is 11.3 Å². The molecule has 11 heteroatoms. The fraction of sp³-hybridized carbons (Fsp3) is 0.321. The Morgan fingerprint density at radius 3 is 2.33 bits per heavy atom.